The number of unbranched alkanes of at least 4 members (excludes halogenated alkanes) is 18. The van der Waals surface area contributed by atoms with Crippen molar-refractivity contribution in [3.63, 3.8) is 0 Å². The van der Waals surface area contributed by atoms with Crippen LogP contribution in [0.4, 0.5) is 0 Å². The Morgan fingerprint density at radius 3 is 1.50 bits per heavy atom. The average molecular weight is 723 g/mol. The molecule has 0 aliphatic rings. The van der Waals surface area contributed by atoms with Crippen molar-refractivity contribution in [1.82, 2.24) is 0 Å². The Morgan fingerprint density at radius 2 is 0.980 bits per heavy atom. The van der Waals surface area contributed by atoms with Gasteiger partial charge in [-0.2, -0.15) is 0 Å². The van der Waals surface area contributed by atoms with Gasteiger partial charge in [0.2, 0.25) is 0 Å². The van der Waals surface area contributed by atoms with Crippen molar-refractivity contribution in [3.05, 3.63) is 60.8 Å². The van der Waals surface area contributed by atoms with Crippen molar-refractivity contribution < 1.29 is 37.9 Å². The zero-order valence-electron chi connectivity index (χ0n) is 31.5. The summed E-state index contributed by atoms with van der Waals surface area (Å²) in [6.45, 7) is 3.51. The summed E-state index contributed by atoms with van der Waals surface area (Å²) in [4.78, 5) is 42.8. The highest BCUT2D eigenvalue weighted by atomic mass is 31.2. The second kappa shape index (κ2) is 36.5. The van der Waals surface area contributed by atoms with E-state index in [-0.39, 0.29) is 19.4 Å². The van der Waals surface area contributed by atoms with E-state index in [9.17, 15) is 14.2 Å². The van der Waals surface area contributed by atoms with Gasteiger partial charge in [0.25, 0.3) is 0 Å². The molecule has 0 aromatic carbocycles. The van der Waals surface area contributed by atoms with Crippen molar-refractivity contribution in [2.45, 2.75) is 174 Å². The highest BCUT2D eigenvalue weighted by Gasteiger charge is 2.22. The molecule has 288 valence electrons. The lowest BCUT2D eigenvalue weighted by Crippen LogP contribution is -2.29. The maximum absolute atomic E-state index is 12.4. The van der Waals surface area contributed by atoms with Crippen molar-refractivity contribution in [2.75, 3.05) is 13.2 Å². The van der Waals surface area contributed by atoms with Gasteiger partial charge in [0, 0.05) is 12.8 Å². The van der Waals surface area contributed by atoms with Crippen LogP contribution in [0.3, 0.4) is 0 Å². The molecule has 0 amide bonds. The summed E-state index contributed by atoms with van der Waals surface area (Å²) in [6, 6.07) is 0. The molecule has 50 heavy (non-hydrogen) atoms. The number of allylic oxidation sites excluding steroid dienone is 10. The lowest BCUT2D eigenvalue weighted by atomic mass is 10.1. The van der Waals surface area contributed by atoms with Gasteiger partial charge in [-0.05, 0) is 57.8 Å². The fourth-order valence-corrected chi connectivity index (χ4v) is 5.56. The van der Waals surface area contributed by atoms with E-state index in [1.807, 2.05) is 30.4 Å². The standard InChI is InChI=1S/C41H71O8P/c1-3-5-7-9-11-13-15-17-19-20-22-24-26-28-30-32-34-36-41(43)49-39(38-48-50(44,45)46)37-47-40(42)35-33-31-29-27-25-23-21-18-16-14-12-10-8-6-4-2/h6,8,10,12,14,16-19,21,39H,3-5,7,9,11,13,15,20,22-38H2,1-2H3,(H2,44,45,46)/b8-6+,12-10+,16-14+,19-17+,21-18+/t39-/m1/s1. The zero-order valence-corrected chi connectivity index (χ0v) is 32.4. The molecule has 0 rings (SSSR count). The summed E-state index contributed by atoms with van der Waals surface area (Å²) in [6.07, 6.45) is 45.1. The van der Waals surface area contributed by atoms with E-state index in [2.05, 4.69) is 48.8 Å². The molecule has 0 saturated heterocycles. The van der Waals surface area contributed by atoms with Crippen LogP contribution < -0.4 is 0 Å². The van der Waals surface area contributed by atoms with Crippen LogP contribution >= 0.6 is 7.82 Å². The van der Waals surface area contributed by atoms with Crippen LogP contribution in [-0.2, 0) is 28.2 Å². The predicted octanol–water partition coefficient (Wildman–Crippen LogP) is 11.7. The Morgan fingerprint density at radius 1 is 0.540 bits per heavy atom. The first-order chi connectivity index (χ1) is 24.3. The first kappa shape index (κ1) is 47.8. The topological polar surface area (TPSA) is 119 Å². The van der Waals surface area contributed by atoms with Gasteiger partial charge < -0.3 is 19.3 Å². The number of carbonyl (C=O) groups excluding carboxylic acids is 2. The second-order valence-corrected chi connectivity index (χ2v) is 14.2. The SMILES string of the molecule is CC/C=C/C=C/C=C/C=C/CCCCCCCC(=O)OC[C@H](COP(=O)(O)O)OC(=O)CCCCCCCCC/C=C/CCCCCCCC. The van der Waals surface area contributed by atoms with Gasteiger partial charge in [-0.3, -0.25) is 14.1 Å². The number of carbonyl (C=O) groups is 2. The van der Waals surface area contributed by atoms with E-state index < -0.39 is 32.5 Å². The van der Waals surface area contributed by atoms with Crippen LogP contribution in [0, 0.1) is 0 Å². The van der Waals surface area contributed by atoms with E-state index in [0.717, 1.165) is 64.2 Å². The molecule has 0 fully saturated rings. The summed E-state index contributed by atoms with van der Waals surface area (Å²) in [5, 5.41) is 0. The summed E-state index contributed by atoms with van der Waals surface area (Å²) < 4.78 is 26.3. The molecule has 0 unspecified atom stereocenters. The Hall–Kier alpha value is -2.25. The van der Waals surface area contributed by atoms with Crippen LogP contribution in [0.25, 0.3) is 0 Å². The minimum atomic E-state index is -4.76. The van der Waals surface area contributed by atoms with Crippen LogP contribution in [0.5, 0.6) is 0 Å². The molecule has 0 saturated carbocycles. The molecule has 8 nitrogen and oxygen atoms in total. The molecule has 0 bridgehead atoms. The molecule has 0 spiro atoms. The van der Waals surface area contributed by atoms with Gasteiger partial charge in [-0.1, -0.05) is 158 Å². The van der Waals surface area contributed by atoms with Crippen molar-refractivity contribution in [2.24, 2.45) is 0 Å². The number of ether oxygens (including phenoxy) is 2. The van der Waals surface area contributed by atoms with Gasteiger partial charge in [-0.25, -0.2) is 4.57 Å². The first-order valence-electron chi connectivity index (χ1n) is 19.6. The number of hydrogen-bond donors (Lipinski definition) is 2. The minimum Gasteiger partial charge on any atom is -0.462 e. The summed E-state index contributed by atoms with van der Waals surface area (Å²) >= 11 is 0. The number of phosphoric ester groups is 1. The highest BCUT2D eigenvalue weighted by Crippen LogP contribution is 2.36. The van der Waals surface area contributed by atoms with E-state index >= 15 is 0 Å². The lowest BCUT2D eigenvalue weighted by Gasteiger charge is -2.18. The molecule has 0 aromatic heterocycles. The Balaban J connectivity index is 4.00. The molecule has 9 heteroatoms. The quantitative estimate of drug-likeness (QED) is 0.0218. The molecule has 2 N–H and O–H groups in total. The Kier molecular flexibility index (Phi) is 34.9. The molecule has 1 atom stereocenters. The van der Waals surface area contributed by atoms with E-state index in [4.69, 9.17) is 19.3 Å². The maximum Gasteiger partial charge on any atom is 0.469 e. The highest BCUT2D eigenvalue weighted by molar-refractivity contribution is 7.46. The van der Waals surface area contributed by atoms with Gasteiger partial charge >= 0.3 is 19.8 Å². The predicted molar refractivity (Wildman–Crippen MR) is 207 cm³/mol. The Labute approximate surface area is 305 Å². The van der Waals surface area contributed by atoms with E-state index in [1.165, 1.54) is 64.2 Å². The molecule has 0 aliphatic carbocycles. The fraction of sp³-hybridized carbons (Fsp3) is 0.707. The van der Waals surface area contributed by atoms with E-state index in [0.29, 0.717) is 12.8 Å². The van der Waals surface area contributed by atoms with E-state index in [1.54, 1.807) is 0 Å². The van der Waals surface area contributed by atoms with Crippen LogP contribution in [0.2, 0.25) is 0 Å². The summed E-state index contributed by atoms with van der Waals surface area (Å²) in [5.41, 5.74) is 0. The van der Waals surface area contributed by atoms with Gasteiger partial charge in [0.05, 0.1) is 6.61 Å². The third kappa shape index (κ3) is 38.6. The van der Waals surface area contributed by atoms with Gasteiger partial charge in [0.15, 0.2) is 6.10 Å². The first-order valence-corrected chi connectivity index (χ1v) is 21.2. The van der Waals surface area contributed by atoms with Gasteiger partial charge in [-0.15, -0.1) is 0 Å². The third-order valence-electron chi connectivity index (χ3n) is 8.11. The summed E-state index contributed by atoms with van der Waals surface area (Å²) in [7, 11) is -4.76. The second-order valence-electron chi connectivity index (χ2n) is 13.0. The van der Waals surface area contributed by atoms with Crippen molar-refractivity contribution >= 4 is 19.8 Å². The molecular formula is C41H71O8P. The van der Waals surface area contributed by atoms with Crippen LogP contribution in [0.15, 0.2) is 60.8 Å². The van der Waals surface area contributed by atoms with Crippen LogP contribution in [0.1, 0.15) is 168 Å². The largest absolute Gasteiger partial charge is 0.469 e. The zero-order chi connectivity index (χ0) is 36.8. The molecule has 0 radical (unpaired) electrons. The minimum absolute atomic E-state index is 0.199. The number of hydrogen-bond acceptors (Lipinski definition) is 6. The van der Waals surface area contributed by atoms with Gasteiger partial charge in [0.1, 0.15) is 6.61 Å². The van der Waals surface area contributed by atoms with Crippen LogP contribution in [-0.4, -0.2) is 41.0 Å². The number of phosphoric acid groups is 1. The average Bonchev–Trinajstić information content (AvgIpc) is 3.08. The number of rotatable bonds is 35. The Bertz CT molecular complexity index is 995. The molecule has 0 aliphatic heterocycles. The molecule has 0 aromatic rings. The number of esters is 2. The maximum atomic E-state index is 12.4. The third-order valence-corrected chi connectivity index (χ3v) is 8.60. The molecular weight excluding hydrogens is 651 g/mol. The normalized spacial score (nSPS) is 13.1. The fourth-order valence-electron chi connectivity index (χ4n) is 5.20. The van der Waals surface area contributed by atoms with Crippen molar-refractivity contribution in [1.29, 1.82) is 0 Å². The summed E-state index contributed by atoms with van der Waals surface area (Å²) in [5.74, 6) is -0.920. The van der Waals surface area contributed by atoms with Crippen molar-refractivity contribution in [3.8, 4) is 0 Å². The monoisotopic (exact) mass is 722 g/mol. The lowest BCUT2D eigenvalue weighted by molar-refractivity contribution is -0.161. The molecule has 0 heterocycles. The smallest absolute Gasteiger partial charge is 0.462 e.